The Morgan fingerprint density at radius 3 is 2.93 bits per heavy atom. The molecular weight excluding hydrogens is 374 g/mol. The van der Waals surface area contributed by atoms with Gasteiger partial charge in [0.2, 0.25) is 0 Å². The molecule has 0 bridgehead atoms. The van der Waals surface area contributed by atoms with Crippen LogP contribution >= 0.6 is 11.6 Å². The SMILES string of the molecule is Cn1ncc(C(=O)NC2CCCc3c2[nH]c2c(Cl)cccc32)c1-n1cccc1. The lowest BCUT2D eigenvalue weighted by Gasteiger charge is -2.24. The van der Waals surface area contributed by atoms with E-state index in [2.05, 4.69) is 21.5 Å². The summed E-state index contributed by atoms with van der Waals surface area (Å²) < 4.78 is 3.61. The van der Waals surface area contributed by atoms with Gasteiger partial charge in [-0.05, 0) is 43.0 Å². The number of aromatic nitrogens is 4. The van der Waals surface area contributed by atoms with Crippen LogP contribution in [0.5, 0.6) is 0 Å². The van der Waals surface area contributed by atoms with E-state index in [9.17, 15) is 4.79 Å². The predicted octanol–water partition coefficient (Wildman–Crippen LogP) is 4.15. The summed E-state index contributed by atoms with van der Waals surface area (Å²) in [5.41, 5.74) is 3.82. The number of benzene rings is 1. The van der Waals surface area contributed by atoms with E-state index in [1.807, 2.05) is 48.3 Å². The Labute approximate surface area is 167 Å². The zero-order valence-electron chi connectivity index (χ0n) is 15.4. The molecule has 2 N–H and O–H groups in total. The number of para-hydroxylation sites is 1. The molecule has 1 amide bonds. The Balaban J connectivity index is 1.50. The van der Waals surface area contributed by atoms with Gasteiger partial charge in [-0.2, -0.15) is 5.10 Å². The predicted molar refractivity (Wildman–Crippen MR) is 109 cm³/mol. The van der Waals surface area contributed by atoms with Gasteiger partial charge in [-0.15, -0.1) is 0 Å². The molecule has 1 unspecified atom stereocenters. The maximum atomic E-state index is 13.1. The standard InChI is InChI=1S/C21H20ClN5O/c1-26-21(27-10-2-3-11-27)15(12-23-26)20(28)24-17-9-5-7-14-13-6-4-8-16(22)18(13)25-19(14)17/h2-4,6,8,10-12,17,25H,5,7,9H2,1H3,(H,24,28). The third kappa shape index (κ3) is 2.64. The molecule has 7 heteroatoms. The Hall–Kier alpha value is -2.99. The molecule has 6 nitrogen and oxygen atoms in total. The molecule has 0 spiro atoms. The van der Waals surface area contributed by atoms with Crippen LogP contribution in [0.3, 0.4) is 0 Å². The van der Waals surface area contributed by atoms with Gasteiger partial charge in [0.05, 0.1) is 22.8 Å². The molecule has 1 aromatic carbocycles. The van der Waals surface area contributed by atoms with Gasteiger partial charge >= 0.3 is 0 Å². The maximum absolute atomic E-state index is 13.1. The number of aryl methyl sites for hydroxylation is 2. The van der Waals surface area contributed by atoms with E-state index in [4.69, 9.17) is 11.6 Å². The number of amides is 1. The third-order valence-corrected chi connectivity index (χ3v) is 5.81. The highest BCUT2D eigenvalue weighted by atomic mass is 35.5. The van der Waals surface area contributed by atoms with E-state index >= 15 is 0 Å². The van der Waals surface area contributed by atoms with Crippen LogP contribution in [0.15, 0.2) is 48.9 Å². The molecule has 28 heavy (non-hydrogen) atoms. The average molecular weight is 394 g/mol. The molecule has 3 heterocycles. The van der Waals surface area contributed by atoms with Crippen molar-refractivity contribution in [3.63, 3.8) is 0 Å². The highest BCUT2D eigenvalue weighted by Crippen LogP contribution is 2.37. The third-order valence-electron chi connectivity index (χ3n) is 5.50. The molecule has 4 aromatic rings. The second-order valence-electron chi connectivity index (χ2n) is 7.19. The van der Waals surface area contributed by atoms with Gasteiger partial charge in [0.1, 0.15) is 11.4 Å². The fraction of sp³-hybridized carbons (Fsp3) is 0.238. The van der Waals surface area contributed by atoms with E-state index < -0.39 is 0 Å². The Bertz CT molecular complexity index is 1170. The number of nitrogens with zero attached hydrogens (tertiary/aromatic N) is 3. The Morgan fingerprint density at radius 2 is 2.11 bits per heavy atom. The number of hydrogen-bond acceptors (Lipinski definition) is 2. The number of halogens is 1. The number of hydrogen-bond donors (Lipinski definition) is 2. The lowest BCUT2D eigenvalue weighted by molar-refractivity contribution is 0.0932. The number of rotatable bonds is 3. The van der Waals surface area contributed by atoms with Crippen molar-refractivity contribution in [3.8, 4) is 5.82 Å². The van der Waals surface area contributed by atoms with Crippen LogP contribution in [-0.4, -0.2) is 25.2 Å². The zero-order chi connectivity index (χ0) is 19.3. The first-order valence-corrected chi connectivity index (χ1v) is 9.76. The van der Waals surface area contributed by atoms with Crippen molar-refractivity contribution in [2.24, 2.45) is 7.05 Å². The van der Waals surface area contributed by atoms with Crippen LogP contribution in [-0.2, 0) is 13.5 Å². The maximum Gasteiger partial charge on any atom is 0.257 e. The second-order valence-corrected chi connectivity index (χ2v) is 7.60. The fourth-order valence-corrected chi connectivity index (χ4v) is 4.43. The van der Waals surface area contributed by atoms with E-state index in [1.165, 1.54) is 5.56 Å². The highest BCUT2D eigenvalue weighted by Gasteiger charge is 2.28. The number of fused-ring (bicyclic) bond motifs is 3. The molecule has 0 aliphatic heterocycles. The minimum atomic E-state index is -0.126. The molecule has 0 radical (unpaired) electrons. The first kappa shape index (κ1) is 17.1. The van der Waals surface area contributed by atoms with Crippen LogP contribution in [0.25, 0.3) is 16.7 Å². The zero-order valence-corrected chi connectivity index (χ0v) is 16.2. The van der Waals surface area contributed by atoms with Crippen molar-refractivity contribution in [3.05, 3.63) is 70.8 Å². The quantitative estimate of drug-likeness (QED) is 0.549. The number of aromatic amines is 1. The van der Waals surface area contributed by atoms with Crippen molar-refractivity contribution >= 4 is 28.4 Å². The lowest BCUT2D eigenvalue weighted by atomic mass is 9.91. The summed E-state index contributed by atoms with van der Waals surface area (Å²) in [7, 11) is 1.84. The van der Waals surface area contributed by atoms with E-state index in [0.717, 1.165) is 41.7 Å². The number of H-pyrrole nitrogens is 1. The first-order chi connectivity index (χ1) is 13.6. The van der Waals surface area contributed by atoms with Crippen LogP contribution in [0.4, 0.5) is 0 Å². The fourth-order valence-electron chi connectivity index (χ4n) is 4.21. The topological polar surface area (TPSA) is 67.6 Å². The minimum Gasteiger partial charge on any atom is -0.355 e. The summed E-state index contributed by atoms with van der Waals surface area (Å²) in [6, 6.07) is 9.73. The number of carbonyl (C=O) groups is 1. The van der Waals surface area contributed by atoms with Crippen LogP contribution in [0.1, 0.15) is 40.5 Å². The van der Waals surface area contributed by atoms with Crippen molar-refractivity contribution in [1.29, 1.82) is 0 Å². The monoisotopic (exact) mass is 393 g/mol. The molecule has 5 rings (SSSR count). The lowest BCUT2D eigenvalue weighted by Crippen LogP contribution is -2.31. The largest absolute Gasteiger partial charge is 0.355 e. The minimum absolute atomic E-state index is 0.0718. The molecule has 1 aliphatic rings. The molecule has 142 valence electrons. The summed E-state index contributed by atoms with van der Waals surface area (Å²) in [6.45, 7) is 0. The molecule has 0 fully saturated rings. The number of carbonyl (C=O) groups excluding carboxylic acids is 1. The van der Waals surface area contributed by atoms with Crippen LogP contribution in [0, 0.1) is 0 Å². The normalized spacial score (nSPS) is 16.3. The van der Waals surface area contributed by atoms with Gasteiger partial charge in [-0.1, -0.05) is 23.7 Å². The smallest absolute Gasteiger partial charge is 0.257 e. The first-order valence-electron chi connectivity index (χ1n) is 9.38. The Morgan fingerprint density at radius 1 is 1.29 bits per heavy atom. The van der Waals surface area contributed by atoms with Crippen molar-refractivity contribution < 1.29 is 4.79 Å². The summed E-state index contributed by atoms with van der Waals surface area (Å²) in [5, 5.41) is 9.35. The average Bonchev–Trinajstić information content (AvgIpc) is 3.40. The van der Waals surface area contributed by atoms with Gasteiger partial charge in [0.25, 0.3) is 5.91 Å². The number of nitrogens with one attached hydrogen (secondary N) is 2. The highest BCUT2D eigenvalue weighted by molar-refractivity contribution is 6.35. The van der Waals surface area contributed by atoms with Gasteiger partial charge in [-0.3, -0.25) is 9.48 Å². The molecule has 1 aliphatic carbocycles. The molecule has 0 saturated heterocycles. The van der Waals surface area contributed by atoms with Gasteiger partial charge < -0.3 is 14.9 Å². The molecule has 3 aromatic heterocycles. The van der Waals surface area contributed by atoms with Crippen LogP contribution < -0.4 is 5.32 Å². The van der Waals surface area contributed by atoms with Crippen molar-refractivity contribution in [2.75, 3.05) is 0 Å². The molecular formula is C21H20ClN5O. The van der Waals surface area contributed by atoms with Crippen molar-refractivity contribution in [1.82, 2.24) is 24.6 Å². The van der Waals surface area contributed by atoms with E-state index in [0.29, 0.717) is 10.6 Å². The van der Waals surface area contributed by atoms with Gasteiger partial charge in [0, 0.05) is 30.5 Å². The van der Waals surface area contributed by atoms with E-state index in [-0.39, 0.29) is 11.9 Å². The summed E-state index contributed by atoms with van der Waals surface area (Å²) >= 11 is 6.37. The molecule has 0 saturated carbocycles. The second kappa shape index (κ2) is 6.56. The summed E-state index contributed by atoms with van der Waals surface area (Å²) in [6.07, 6.45) is 8.34. The summed E-state index contributed by atoms with van der Waals surface area (Å²) in [5.74, 6) is 0.623. The molecule has 1 atom stereocenters. The van der Waals surface area contributed by atoms with Gasteiger partial charge in [-0.25, -0.2) is 0 Å². The van der Waals surface area contributed by atoms with Crippen molar-refractivity contribution in [2.45, 2.75) is 25.3 Å². The van der Waals surface area contributed by atoms with Gasteiger partial charge in [0.15, 0.2) is 0 Å². The van der Waals surface area contributed by atoms with Crippen LogP contribution in [0.2, 0.25) is 5.02 Å². The van der Waals surface area contributed by atoms with E-state index in [1.54, 1.807) is 10.9 Å². The summed E-state index contributed by atoms with van der Waals surface area (Å²) in [4.78, 5) is 16.6. The Kier molecular flexibility index (Phi) is 4.02.